The van der Waals surface area contributed by atoms with Crippen molar-refractivity contribution in [3.8, 4) is 0 Å². The first-order valence-corrected chi connectivity index (χ1v) is 12.8. The average Bonchev–Trinajstić information content (AvgIpc) is 3.08. The van der Waals surface area contributed by atoms with Gasteiger partial charge in [0.25, 0.3) is 0 Å². The van der Waals surface area contributed by atoms with Gasteiger partial charge in [0, 0.05) is 26.1 Å². The quantitative estimate of drug-likeness (QED) is 0.466. The summed E-state index contributed by atoms with van der Waals surface area (Å²) in [5.74, 6) is 0.777. The molecular weight excluding hydrogens is 436 g/mol. The van der Waals surface area contributed by atoms with Crippen LogP contribution in [0.2, 0.25) is 0 Å². The van der Waals surface area contributed by atoms with Crippen LogP contribution in [0.5, 0.6) is 0 Å². The molecule has 0 atom stereocenters. The second-order valence-corrected chi connectivity index (χ2v) is 10.3. The molecule has 0 aliphatic heterocycles. The lowest BCUT2D eigenvalue weighted by atomic mass is 9.95. The number of rotatable bonds is 9. The van der Waals surface area contributed by atoms with Gasteiger partial charge in [-0.15, -0.1) is 0 Å². The molecule has 178 valence electrons. The summed E-state index contributed by atoms with van der Waals surface area (Å²) in [5, 5.41) is 2.88. The number of aromatic nitrogens is 2. The Balaban J connectivity index is 1.50. The number of aryl methyl sites for hydroxylation is 2. The van der Waals surface area contributed by atoms with Crippen molar-refractivity contribution in [3.05, 3.63) is 57.9 Å². The van der Waals surface area contributed by atoms with Crippen LogP contribution in [0, 0.1) is 41.5 Å². The molecule has 0 aliphatic carbocycles. The Hall–Kier alpha value is -2.71. The molecule has 0 saturated heterocycles. The summed E-state index contributed by atoms with van der Waals surface area (Å²) in [6.07, 6.45) is 0.854. The molecular formula is C25H34N4O3S. The Morgan fingerprint density at radius 1 is 0.909 bits per heavy atom. The molecule has 0 unspecified atom stereocenters. The zero-order chi connectivity index (χ0) is 24.3. The zero-order valence-electron chi connectivity index (χ0n) is 20.4. The molecule has 8 heteroatoms. The number of nitrogens with one attached hydrogen (secondary N) is 2. The third-order valence-electron chi connectivity index (χ3n) is 6.57. The minimum absolute atomic E-state index is 0.0598. The van der Waals surface area contributed by atoms with Gasteiger partial charge in [-0.3, -0.25) is 4.79 Å². The summed E-state index contributed by atoms with van der Waals surface area (Å²) < 4.78 is 30.6. The van der Waals surface area contributed by atoms with E-state index >= 15 is 0 Å². The number of imidazole rings is 1. The standard InChI is InChI=1S/C25H34N4O3S/c1-16-17(2)19(4)25(20(5)18(16)3)33(31,32)27-14-12-24(30)26-13-9-15-29-21(6)28-22-10-7-8-11-23(22)29/h7-8,10-11,27H,9,12-15H2,1-6H3,(H,26,30). The lowest BCUT2D eigenvalue weighted by Gasteiger charge is -2.19. The molecule has 0 radical (unpaired) electrons. The van der Waals surface area contributed by atoms with E-state index in [2.05, 4.69) is 19.6 Å². The molecule has 1 heterocycles. The summed E-state index contributed by atoms with van der Waals surface area (Å²) in [4.78, 5) is 17.1. The number of sulfonamides is 1. The molecule has 1 amide bonds. The zero-order valence-corrected chi connectivity index (χ0v) is 21.2. The summed E-state index contributed by atoms with van der Waals surface area (Å²) >= 11 is 0. The molecule has 0 bridgehead atoms. The minimum atomic E-state index is -3.70. The molecule has 0 fully saturated rings. The maximum atomic E-state index is 13.0. The van der Waals surface area contributed by atoms with E-state index in [1.54, 1.807) is 0 Å². The van der Waals surface area contributed by atoms with Crippen LogP contribution in [0.4, 0.5) is 0 Å². The lowest BCUT2D eigenvalue weighted by Crippen LogP contribution is -2.32. The number of carbonyl (C=O) groups is 1. The van der Waals surface area contributed by atoms with Gasteiger partial charge in [-0.1, -0.05) is 12.1 Å². The molecule has 0 spiro atoms. The predicted octanol–water partition coefficient (Wildman–Crippen LogP) is 3.76. The van der Waals surface area contributed by atoms with E-state index in [4.69, 9.17) is 0 Å². The second-order valence-electron chi connectivity index (χ2n) is 8.60. The van der Waals surface area contributed by atoms with E-state index in [1.807, 2.05) is 65.8 Å². The third kappa shape index (κ3) is 5.28. The van der Waals surface area contributed by atoms with E-state index < -0.39 is 10.0 Å². The van der Waals surface area contributed by atoms with Crippen molar-refractivity contribution < 1.29 is 13.2 Å². The van der Waals surface area contributed by atoms with E-state index in [-0.39, 0.29) is 18.9 Å². The first kappa shape index (κ1) is 24.9. The second kappa shape index (κ2) is 10.1. The first-order chi connectivity index (χ1) is 15.5. The highest BCUT2D eigenvalue weighted by Gasteiger charge is 2.23. The van der Waals surface area contributed by atoms with Gasteiger partial charge in [0.1, 0.15) is 5.82 Å². The SMILES string of the molecule is Cc1c(C)c(C)c(S(=O)(=O)NCCC(=O)NCCCn2c(C)nc3ccccc32)c(C)c1C. The highest BCUT2D eigenvalue weighted by molar-refractivity contribution is 7.89. The molecule has 2 N–H and O–H groups in total. The number of nitrogens with zero attached hydrogens (tertiary/aromatic N) is 2. The van der Waals surface area contributed by atoms with Gasteiger partial charge >= 0.3 is 0 Å². The van der Waals surface area contributed by atoms with Crippen molar-refractivity contribution in [2.75, 3.05) is 13.1 Å². The molecule has 0 saturated carbocycles. The van der Waals surface area contributed by atoms with Crippen molar-refractivity contribution in [2.45, 2.75) is 65.8 Å². The Morgan fingerprint density at radius 3 is 2.18 bits per heavy atom. The molecule has 7 nitrogen and oxygen atoms in total. The molecule has 33 heavy (non-hydrogen) atoms. The van der Waals surface area contributed by atoms with Crippen LogP contribution in [0.15, 0.2) is 29.2 Å². The molecule has 3 rings (SSSR count). The normalized spacial score (nSPS) is 11.8. The Labute approximate surface area is 196 Å². The average molecular weight is 471 g/mol. The van der Waals surface area contributed by atoms with Crippen molar-refractivity contribution in [2.24, 2.45) is 0 Å². The van der Waals surface area contributed by atoms with E-state index in [0.717, 1.165) is 57.6 Å². The van der Waals surface area contributed by atoms with Crippen molar-refractivity contribution in [3.63, 3.8) is 0 Å². The number of benzene rings is 2. The van der Waals surface area contributed by atoms with Gasteiger partial charge in [-0.25, -0.2) is 18.1 Å². The summed E-state index contributed by atoms with van der Waals surface area (Å²) in [7, 11) is -3.70. The summed E-state index contributed by atoms with van der Waals surface area (Å²) in [6.45, 7) is 12.9. The third-order valence-corrected chi connectivity index (χ3v) is 8.30. The number of hydrogen-bond acceptors (Lipinski definition) is 4. The first-order valence-electron chi connectivity index (χ1n) is 11.3. The minimum Gasteiger partial charge on any atom is -0.356 e. The molecule has 2 aromatic carbocycles. The number of para-hydroxylation sites is 2. The van der Waals surface area contributed by atoms with E-state index in [9.17, 15) is 13.2 Å². The Bertz CT molecular complexity index is 1260. The molecule has 3 aromatic rings. The van der Waals surface area contributed by atoms with Crippen LogP contribution in [0.1, 0.15) is 46.5 Å². The van der Waals surface area contributed by atoms with Gasteiger partial charge in [0.15, 0.2) is 0 Å². The van der Waals surface area contributed by atoms with E-state index in [0.29, 0.717) is 11.4 Å². The lowest BCUT2D eigenvalue weighted by molar-refractivity contribution is -0.120. The van der Waals surface area contributed by atoms with Gasteiger partial charge in [-0.2, -0.15) is 0 Å². The van der Waals surface area contributed by atoms with Crippen molar-refractivity contribution in [1.29, 1.82) is 0 Å². The van der Waals surface area contributed by atoms with Crippen LogP contribution < -0.4 is 10.0 Å². The fourth-order valence-electron chi connectivity index (χ4n) is 4.27. The Kier molecular flexibility index (Phi) is 7.59. The van der Waals surface area contributed by atoms with Crippen LogP contribution >= 0.6 is 0 Å². The maximum Gasteiger partial charge on any atom is 0.241 e. The van der Waals surface area contributed by atoms with Crippen molar-refractivity contribution in [1.82, 2.24) is 19.6 Å². The largest absolute Gasteiger partial charge is 0.356 e. The molecule has 0 aliphatic rings. The van der Waals surface area contributed by atoms with Crippen LogP contribution in [-0.2, 0) is 21.4 Å². The Morgan fingerprint density at radius 2 is 1.52 bits per heavy atom. The summed E-state index contributed by atoms with van der Waals surface area (Å²) in [5.41, 5.74) is 6.65. The topological polar surface area (TPSA) is 93.1 Å². The van der Waals surface area contributed by atoms with Crippen molar-refractivity contribution >= 4 is 27.0 Å². The number of hydrogen-bond donors (Lipinski definition) is 2. The summed E-state index contributed by atoms with van der Waals surface area (Å²) in [6, 6.07) is 7.99. The fourth-order valence-corrected chi connectivity index (χ4v) is 5.90. The highest BCUT2D eigenvalue weighted by Crippen LogP contribution is 2.29. The van der Waals surface area contributed by atoms with Gasteiger partial charge < -0.3 is 9.88 Å². The molecule has 1 aromatic heterocycles. The monoisotopic (exact) mass is 470 g/mol. The fraction of sp³-hybridized carbons (Fsp3) is 0.440. The number of fused-ring (bicyclic) bond motifs is 1. The van der Waals surface area contributed by atoms with Crippen LogP contribution in [0.3, 0.4) is 0 Å². The van der Waals surface area contributed by atoms with Gasteiger partial charge in [-0.05, 0) is 87.9 Å². The van der Waals surface area contributed by atoms with Gasteiger partial charge in [0.05, 0.1) is 15.9 Å². The number of amides is 1. The van der Waals surface area contributed by atoms with E-state index in [1.165, 1.54) is 0 Å². The van der Waals surface area contributed by atoms with Gasteiger partial charge in [0.2, 0.25) is 15.9 Å². The van der Waals surface area contributed by atoms with Crippen LogP contribution in [-0.4, -0.2) is 37.0 Å². The smallest absolute Gasteiger partial charge is 0.241 e. The predicted molar refractivity (Wildman–Crippen MR) is 132 cm³/mol. The highest BCUT2D eigenvalue weighted by atomic mass is 32.2. The number of carbonyl (C=O) groups excluding carboxylic acids is 1. The van der Waals surface area contributed by atoms with Crippen LogP contribution in [0.25, 0.3) is 11.0 Å². The maximum absolute atomic E-state index is 13.0.